The van der Waals surface area contributed by atoms with E-state index in [2.05, 4.69) is 25.9 Å². The monoisotopic (exact) mass is 340 g/mol. The zero-order chi connectivity index (χ0) is 17.6. The summed E-state index contributed by atoms with van der Waals surface area (Å²) >= 11 is 0. The molecule has 2 radical (unpaired) electrons. The Morgan fingerprint density at radius 2 is 2.08 bits per heavy atom. The predicted octanol–water partition coefficient (Wildman–Crippen LogP) is -0.228. The third-order valence-corrected chi connectivity index (χ3v) is 4.84. The fourth-order valence-electron chi connectivity index (χ4n) is 3.70. The highest BCUT2D eigenvalue weighted by molar-refractivity contribution is 6.14. The molecule has 25 heavy (non-hydrogen) atoms. The lowest BCUT2D eigenvalue weighted by Crippen LogP contribution is -2.38. The van der Waals surface area contributed by atoms with Crippen LogP contribution in [0.15, 0.2) is 0 Å². The Labute approximate surface area is 146 Å². The molecule has 9 heteroatoms. The van der Waals surface area contributed by atoms with Crippen molar-refractivity contribution in [1.82, 2.24) is 20.3 Å². The summed E-state index contributed by atoms with van der Waals surface area (Å²) < 4.78 is 0. The Balaban J connectivity index is 1.84. The maximum Gasteiger partial charge on any atom is 0.226 e. The molecule has 1 fully saturated rings. The van der Waals surface area contributed by atoms with Gasteiger partial charge in [-0.25, -0.2) is 4.98 Å². The van der Waals surface area contributed by atoms with Crippen molar-refractivity contribution in [1.29, 1.82) is 0 Å². The Morgan fingerprint density at radius 1 is 1.24 bits per heavy atom. The number of rotatable bonds is 4. The van der Waals surface area contributed by atoms with Crippen LogP contribution in [0, 0.1) is 6.92 Å². The van der Waals surface area contributed by atoms with Crippen LogP contribution in [0.1, 0.15) is 29.7 Å². The van der Waals surface area contributed by atoms with E-state index >= 15 is 0 Å². The van der Waals surface area contributed by atoms with Crippen LogP contribution in [0.4, 0.5) is 11.8 Å². The minimum atomic E-state index is -2.57. The quantitative estimate of drug-likeness (QED) is 0.383. The molecule has 2 aromatic heterocycles. The third-order valence-electron chi connectivity index (χ3n) is 4.84. The van der Waals surface area contributed by atoms with Crippen LogP contribution in [0.2, 0.25) is 0 Å². The van der Waals surface area contributed by atoms with Crippen LogP contribution in [0.5, 0.6) is 0 Å². The van der Waals surface area contributed by atoms with Crippen LogP contribution >= 0.6 is 0 Å². The van der Waals surface area contributed by atoms with E-state index in [1.807, 2.05) is 6.92 Å². The normalized spacial score (nSPS) is 20.0. The number of hydrogen-bond acceptors (Lipinski definition) is 8. The fraction of sp³-hybridized carbons (Fsp3) is 0.562. The first kappa shape index (κ1) is 16.5. The van der Waals surface area contributed by atoms with Crippen LogP contribution < -0.4 is 16.0 Å². The Hall–Kier alpha value is -1.97. The van der Waals surface area contributed by atoms with Crippen LogP contribution in [-0.2, 0) is 12.8 Å². The van der Waals surface area contributed by atoms with Gasteiger partial charge in [0.05, 0.1) is 5.39 Å². The minimum absolute atomic E-state index is 0.228. The summed E-state index contributed by atoms with van der Waals surface area (Å²) in [5.41, 5.74) is 3.81. The van der Waals surface area contributed by atoms with Gasteiger partial charge in [-0.15, -0.1) is 0 Å². The molecule has 8 nitrogen and oxygen atoms in total. The molecule has 0 unspecified atom stereocenters. The predicted molar refractivity (Wildman–Crippen MR) is 95.5 cm³/mol. The SMILES string of the molecule is [B]C(O)(O)Nc1nc(N[C@@H]2CCNC2)nc2nc3c(c(C)c12)CCC3. The zero-order valence-corrected chi connectivity index (χ0v) is 14.1. The molecule has 0 spiro atoms. The molecule has 1 saturated heterocycles. The molecule has 4 rings (SSSR count). The van der Waals surface area contributed by atoms with Crippen molar-refractivity contribution >= 4 is 30.6 Å². The average Bonchev–Trinajstić information content (AvgIpc) is 3.16. The van der Waals surface area contributed by atoms with Crippen molar-refractivity contribution in [3.05, 3.63) is 16.8 Å². The van der Waals surface area contributed by atoms with Crippen molar-refractivity contribution in [2.75, 3.05) is 23.7 Å². The smallest absolute Gasteiger partial charge is 0.226 e. The summed E-state index contributed by atoms with van der Waals surface area (Å²) in [5.74, 6) is -1.90. The van der Waals surface area contributed by atoms with E-state index in [-0.39, 0.29) is 11.9 Å². The third kappa shape index (κ3) is 3.27. The molecular weight excluding hydrogens is 319 g/mol. The van der Waals surface area contributed by atoms with Crippen molar-refractivity contribution in [2.45, 2.75) is 44.5 Å². The topological polar surface area (TPSA) is 115 Å². The molecule has 1 aliphatic carbocycles. The number of nitrogens with zero attached hydrogens (tertiary/aromatic N) is 3. The molecule has 5 N–H and O–H groups in total. The minimum Gasteiger partial charge on any atom is -0.358 e. The van der Waals surface area contributed by atoms with Crippen molar-refractivity contribution < 1.29 is 10.2 Å². The number of hydrogen-bond donors (Lipinski definition) is 5. The highest BCUT2D eigenvalue weighted by atomic mass is 16.5. The molecule has 2 aromatic rings. The standard InChI is InChI=1S/C16H21BN6O2/c1-8-10-3-2-4-11(10)20-13-12(8)14(23-16(17,24)25)22-15(21-13)19-9-5-6-18-7-9/h9,18,24-25H,2-7H2,1H3,(H2,19,20,21,22,23)/t9-/m1/s1. The molecule has 3 heterocycles. The molecule has 0 saturated carbocycles. The summed E-state index contributed by atoms with van der Waals surface area (Å²) in [6.07, 6.45) is 3.94. The zero-order valence-electron chi connectivity index (χ0n) is 14.1. The van der Waals surface area contributed by atoms with Gasteiger partial charge in [0.2, 0.25) is 5.95 Å². The maximum absolute atomic E-state index is 9.60. The van der Waals surface area contributed by atoms with Gasteiger partial charge in [-0.2, -0.15) is 9.97 Å². The lowest BCUT2D eigenvalue weighted by molar-refractivity contribution is -0.0595. The van der Waals surface area contributed by atoms with Gasteiger partial charge in [0, 0.05) is 18.3 Å². The van der Waals surface area contributed by atoms with E-state index in [0.717, 1.165) is 50.0 Å². The lowest BCUT2D eigenvalue weighted by atomic mass is 10.0. The number of anilines is 2. The Morgan fingerprint density at radius 3 is 2.80 bits per heavy atom. The van der Waals surface area contributed by atoms with Gasteiger partial charge >= 0.3 is 0 Å². The van der Waals surface area contributed by atoms with Crippen LogP contribution in [-0.4, -0.2) is 58.0 Å². The van der Waals surface area contributed by atoms with Crippen LogP contribution in [0.3, 0.4) is 0 Å². The van der Waals surface area contributed by atoms with Gasteiger partial charge in [-0.05, 0) is 50.3 Å². The van der Waals surface area contributed by atoms with E-state index in [0.29, 0.717) is 17.0 Å². The highest BCUT2D eigenvalue weighted by Gasteiger charge is 2.24. The molecule has 130 valence electrons. The number of nitrogens with one attached hydrogen (secondary N) is 3. The van der Waals surface area contributed by atoms with E-state index in [9.17, 15) is 10.2 Å². The summed E-state index contributed by atoms with van der Waals surface area (Å²) in [6, 6.07) is 0.228. The van der Waals surface area contributed by atoms with Crippen LogP contribution in [0.25, 0.3) is 11.0 Å². The molecule has 0 amide bonds. The second-order valence-electron chi connectivity index (χ2n) is 6.80. The van der Waals surface area contributed by atoms with Crippen molar-refractivity contribution in [3.8, 4) is 0 Å². The Kier molecular flexibility index (Phi) is 4.01. The number of aryl methyl sites for hydroxylation is 2. The number of aliphatic hydroxyl groups is 2. The molecular formula is C16H21BN6O2. The molecule has 0 bridgehead atoms. The number of aromatic nitrogens is 3. The second kappa shape index (κ2) is 6.08. The Bertz CT molecular complexity index is 817. The maximum atomic E-state index is 9.60. The van der Waals surface area contributed by atoms with Gasteiger partial charge in [0.15, 0.2) is 19.3 Å². The van der Waals surface area contributed by atoms with E-state index in [4.69, 9.17) is 12.8 Å². The van der Waals surface area contributed by atoms with Gasteiger partial charge in [0.1, 0.15) is 5.82 Å². The van der Waals surface area contributed by atoms with Gasteiger partial charge < -0.3 is 26.2 Å². The van der Waals surface area contributed by atoms with E-state index < -0.39 is 5.81 Å². The van der Waals surface area contributed by atoms with E-state index in [1.54, 1.807) is 0 Å². The summed E-state index contributed by atoms with van der Waals surface area (Å²) in [4.78, 5) is 13.7. The van der Waals surface area contributed by atoms with Gasteiger partial charge in [0.25, 0.3) is 0 Å². The van der Waals surface area contributed by atoms with Gasteiger partial charge in [-0.3, -0.25) is 0 Å². The first-order valence-corrected chi connectivity index (χ1v) is 8.60. The highest BCUT2D eigenvalue weighted by Crippen LogP contribution is 2.33. The molecule has 2 aliphatic rings. The van der Waals surface area contributed by atoms with Crippen molar-refractivity contribution in [3.63, 3.8) is 0 Å². The van der Waals surface area contributed by atoms with Gasteiger partial charge in [-0.1, -0.05) is 0 Å². The summed E-state index contributed by atoms with van der Waals surface area (Å²) in [7, 11) is 5.32. The molecule has 0 aromatic carbocycles. The van der Waals surface area contributed by atoms with Crippen molar-refractivity contribution in [2.24, 2.45) is 0 Å². The number of fused-ring (bicyclic) bond motifs is 2. The molecule has 1 aliphatic heterocycles. The second-order valence-corrected chi connectivity index (χ2v) is 6.80. The summed E-state index contributed by atoms with van der Waals surface area (Å²) in [5, 5.41) is 28.9. The van der Waals surface area contributed by atoms with E-state index in [1.165, 1.54) is 5.56 Å². The first-order valence-electron chi connectivity index (χ1n) is 8.60. The lowest BCUT2D eigenvalue weighted by Gasteiger charge is -2.22. The average molecular weight is 340 g/mol. The largest absolute Gasteiger partial charge is 0.358 e. The number of pyridine rings is 1. The first-order chi connectivity index (χ1) is 11.9. The summed E-state index contributed by atoms with van der Waals surface area (Å²) in [6.45, 7) is 3.77. The molecule has 1 atom stereocenters. The fourth-order valence-corrected chi connectivity index (χ4v) is 3.70.